The predicted molar refractivity (Wildman–Crippen MR) is 97.0 cm³/mol. The molecule has 6 heteroatoms. The minimum atomic E-state index is -0.740. The van der Waals surface area contributed by atoms with Crippen molar-refractivity contribution in [3.05, 3.63) is 53.6 Å². The van der Waals surface area contributed by atoms with Crippen molar-refractivity contribution in [2.45, 2.75) is 18.9 Å². The zero-order chi connectivity index (χ0) is 18.2. The van der Waals surface area contributed by atoms with Crippen molar-refractivity contribution >= 4 is 12.1 Å². The van der Waals surface area contributed by atoms with Gasteiger partial charge in [0.05, 0.1) is 18.9 Å². The number of ether oxygens (including phenoxy) is 1. The van der Waals surface area contributed by atoms with E-state index in [1.54, 1.807) is 19.2 Å². The maximum Gasteiger partial charge on any atom is 0.211 e. The second-order valence-electron chi connectivity index (χ2n) is 5.89. The fourth-order valence-electron chi connectivity index (χ4n) is 2.54. The quantitative estimate of drug-likeness (QED) is 0.414. The Morgan fingerprint density at radius 2 is 1.80 bits per heavy atom. The third-order valence-electron chi connectivity index (χ3n) is 4.09. The fraction of sp³-hybridized carbons (Fsp3) is 0.316. The van der Waals surface area contributed by atoms with Gasteiger partial charge in [-0.15, -0.1) is 0 Å². The number of carbonyl (C=O) groups excluding carboxylic acids is 1. The molecule has 0 aromatic heterocycles. The van der Waals surface area contributed by atoms with Gasteiger partial charge in [0.25, 0.3) is 0 Å². The highest BCUT2D eigenvalue weighted by molar-refractivity contribution is 5.75. The number of benzene rings is 2. The number of hydrogen-bond donors (Lipinski definition) is 4. The van der Waals surface area contributed by atoms with Gasteiger partial charge < -0.3 is 25.6 Å². The summed E-state index contributed by atoms with van der Waals surface area (Å²) in [5, 5.41) is 25.6. The van der Waals surface area contributed by atoms with Gasteiger partial charge in [-0.2, -0.15) is 0 Å². The molecule has 2 atom stereocenters. The summed E-state index contributed by atoms with van der Waals surface area (Å²) in [6, 6.07) is 12.5. The van der Waals surface area contributed by atoms with E-state index in [4.69, 9.17) is 4.74 Å². The van der Waals surface area contributed by atoms with E-state index in [1.807, 2.05) is 24.3 Å². The zero-order valence-electron chi connectivity index (χ0n) is 14.4. The van der Waals surface area contributed by atoms with Crippen LogP contribution in [0.1, 0.15) is 30.1 Å². The number of nitrogens with one attached hydrogen (secondary N) is 2. The first-order valence-electron chi connectivity index (χ1n) is 8.11. The Bertz CT molecular complexity index is 688. The first-order chi connectivity index (χ1) is 12.0. The number of carbonyl (C=O) groups is 1. The van der Waals surface area contributed by atoms with Crippen LogP contribution in [0.25, 0.3) is 0 Å². The summed E-state index contributed by atoms with van der Waals surface area (Å²) in [5.74, 6) is 1.07. The average Bonchev–Trinajstić information content (AvgIpc) is 2.63. The Hall–Kier alpha value is -2.57. The number of rotatable bonds is 9. The molecule has 6 nitrogen and oxygen atoms in total. The molecule has 2 rings (SSSR count). The summed E-state index contributed by atoms with van der Waals surface area (Å²) < 4.78 is 5.15. The number of hydrogen-bond acceptors (Lipinski definition) is 5. The van der Waals surface area contributed by atoms with Gasteiger partial charge in [0.2, 0.25) is 6.41 Å². The van der Waals surface area contributed by atoms with E-state index in [1.165, 1.54) is 11.6 Å². The lowest BCUT2D eigenvalue weighted by Crippen LogP contribution is -2.25. The third-order valence-corrected chi connectivity index (χ3v) is 4.09. The van der Waals surface area contributed by atoms with Crippen molar-refractivity contribution in [3.8, 4) is 11.5 Å². The number of phenolic OH excluding ortho intramolecular Hbond substituents is 1. The molecule has 0 aliphatic rings. The lowest BCUT2D eigenvalue weighted by molar-refractivity contribution is -0.105. The summed E-state index contributed by atoms with van der Waals surface area (Å²) in [5.41, 5.74) is 2.08. The number of anilines is 1. The Morgan fingerprint density at radius 3 is 2.44 bits per heavy atom. The summed E-state index contributed by atoms with van der Waals surface area (Å²) in [6.45, 7) is 3.18. The summed E-state index contributed by atoms with van der Waals surface area (Å²) in [6.07, 6.45) is -0.254. The van der Waals surface area contributed by atoms with E-state index in [-0.39, 0.29) is 17.4 Å². The van der Waals surface area contributed by atoms with Crippen LogP contribution in [0.15, 0.2) is 42.5 Å². The number of methoxy groups -OCH3 is 1. The van der Waals surface area contributed by atoms with Gasteiger partial charge in [-0.3, -0.25) is 4.79 Å². The lowest BCUT2D eigenvalue weighted by Gasteiger charge is -2.17. The van der Waals surface area contributed by atoms with Gasteiger partial charge in [-0.05, 0) is 41.3 Å². The Morgan fingerprint density at radius 1 is 1.12 bits per heavy atom. The van der Waals surface area contributed by atoms with Gasteiger partial charge in [0.1, 0.15) is 11.5 Å². The number of aliphatic hydroxyl groups is 1. The molecule has 0 radical (unpaired) electrons. The van der Waals surface area contributed by atoms with Gasteiger partial charge >= 0.3 is 0 Å². The van der Waals surface area contributed by atoms with E-state index in [0.717, 1.165) is 5.75 Å². The first-order valence-corrected chi connectivity index (χ1v) is 8.11. The largest absolute Gasteiger partial charge is 0.506 e. The van der Waals surface area contributed by atoms with Crippen molar-refractivity contribution in [1.29, 1.82) is 0 Å². The Labute approximate surface area is 147 Å². The molecule has 134 valence electrons. The highest BCUT2D eigenvalue weighted by Gasteiger charge is 2.12. The molecule has 2 aromatic carbocycles. The molecule has 0 fully saturated rings. The van der Waals surface area contributed by atoms with Crippen molar-refractivity contribution in [2.75, 3.05) is 25.5 Å². The molecule has 0 unspecified atom stereocenters. The molecule has 0 saturated carbocycles. The van der Waals surface area contributed by atoms with E-state index in [2.05, 4.69) is 17.6 Å². The maximum absolute atomic E-state index is 10.5. The SMILES string of the molecule is COc1ccc([C@H](C)CNC[C@H](O)c2ccc(O)c(NC=O)c2)cc1. The molecule has 25 heavy (non-hydrogen) atoms. The topological polar surface area (TPSA) is 90.8 Å². The van der Waals surface area contributed by atoms with Gasteiger partial charge in [0, 0.05) is 13.1 Å². The Kier molecular flexibility index (Phi) is 6.80. The maximum atomic E-state index is 10.5. The van der Waals surface area contributed by atoms with Crippen molar-refractivity contribution in [2.24, 2.45) is 0 Å². The number of aromatic hydroxyl groups is 1. The normalized spacial score (nSPS) is 13.1. The molecule has 0 saturated heterocycles. The smallest absolute Gasteiger partial charge is 0.211 e. The minimum absolute atomic E-state index is 0.0378. The van der Waals surface area contributed by atoms with E-state index >= 15 is 0 Å². The molecule has 2 aromatic rings. The van der Waals surface area contributed by atoms with Crippen LogP contribution in [0.4, 0.5) is 5.69 Å². The van der Waals surface area contributed by atoms with Crippen LogP contribution in [0.5, 0.6) is 11.5 Å². The lowest BCUT2D eigenvalue weighted by atomic mass is 10.0. The van der Waals surface area contributed by atoms with E-state index < -0.39 is 6.10 Å². The van der Waals surface area contributed by atoms with E-state index in [9.17, 15) is 15.0 Å². The predicted octanol–water partition coefficient (Wildman–Crippen LogP) is 2.40. The molecule has 4 N–H and O–H groups in total. The second-order valence-corrected chi connectivity index (χ2v) is 5.89. The summed E-state index contributed by atoms with van der Waals surface area (Å²) in [7, 11) is 1.64. The van der Waals surface area contributed by atoms with Crippen LogP contribution < -0.4 is 15.4 Å². The molecule has 0 aliphatic carbocycles. The van der Waals surface area contributed by atoms with Gasteiger partial charge in [-0.1, -0.05) is 25.1 Å². The van der Waals surface area contributed by atoms with Crippen molar-refractivity contribution in [3.63, 3.8) is 0 Å². The minimum Gasteiger partial charge on any atom is -0.506 e. The first kappa shape index (κ1) is 18.8. The highest BCUT2D eigenvalue weighted by Crippen LogP contribution is 2.26. The van der Waals surface area contributed by atoms with Crippen LogP contribution >= 0.6 is 0 Å². The standard InChI is InChI=1S/C19H24N2O4/c1-13(14-3-6-16(25-2)7-4-14)10-20-11-19(24)15-5-8-18(23)17(9-15)21-12-22/h3-9,12-13,19-20,23-24H,10-11H2,1-2H3,(H,21,22)/t13-,19+/m1/s1. The molecule has 0 aliphatic heterocycles. The second kappa shape index (κ2) is 9.05. The van der Waals surface area contributed by atoms with Crippen LogP contribution in [0.2, 0.25) is 0 Å². The van der Waals surface area contributed by atoms with E-state index in [0.29, 0.717) is 25.1 Å². The summed E-state index contributed by atoms with van der Waals surface area (Å²) >= 11 is 0. The van der Waals surface area contributed by atoms with Crippen LogP contribution in [-0.2, 0) is 4.79 Å². The summed E-state index contributed by atoms with van der Waals surface area (Å²) in [4.78, 5) is 10.5. The van der Waals surface area contributed by atoms with Crippen LogP contribution in [-0.4, -0.2) is 36.8 Å². The monoisotopic (exact) mass is 344 g/mol. The molecule has 0 bridgehead atoms. The molecular formula is C19H24N2O4. The highest BCUT2D eigenvalue weighted by atomic mass is 16.5. The third kappa shape index (κ3) is 5.20. The fourth-order valence-corrected chi connectivity index (χ4v) is 2.54. The number of phenols is 1. The van der Waals surface area contributed by atoms with Crippen LogP contribution in [0, 0.1) is 0 Å². The van der Waals surface area contributed by atoms with Crippen LogP contribution in [0.3, 0.4) is 0 Å². The molecule has 0 spiro atoms. The Balaban J connectivity index is 1.87. The molecular weight excluding hydrogens is 320 g/mol. The average molecular weight is 344 g/mol. The van der Waals surface area contributed by atoms with Crippen molar-refractivity contribution in [1.82, 2.24) is 5.32 Å². The number of aliphatic hydroxyl groups excluding tert-OH is 1. The zero-order valence-corrected chi connectivity index (χ0v) is 14.4. The molecule has 1 amide bonds. The van der Waals surface area contributed by atoms with Gasteiger partial charge in [0.15, 0.2) is 0 Å². The molecule has 0 heterocycles. The van der Waals surface area contributed by atoms with Crippen molar-refractivity contribution < 1.29 is 19.7 Å². The number of amides is 1. The van der Waals surface area contributed by atoms with Gasteiger partial charge in [-0.25, -0.2) is 0 Å².